The molecule has 0 aromatic heterocycles. The van der Waals surface area contributed by atoms with Crippen LogP contribution in [0.1, 0.15) is 53.9 Å². The van der Waals surface area contributed by atoms with Crippen LogP contribution in [-0.4, -0.2) is 23.4 Å². The number of rotatable bonds is 6. The fourth-order valence-corrected chi connectivity index (χ4v) is 1.95. The van der Waals surface area contributed by atoms with Gasteiger partial charge in [0.15, 0.2) is 0 Å². The molecule has 0 aliphatic heterocycles. The standard InChI is InChI=1S/C13H28O2/c1-11(2)8-13(9-14,10-15)7-6-12(3,4)5/h11,14-15H,6-10H2,1-5H3. The van der Waals surface area contributed by atoms with Gasteiger partial charge >= 0.3 is 0 Å². The van der Waals surface area contributed by atoms with Crippen LogP contribution in [0.5, 0.6) is 0 Å². The predicted molar refractivity (Wildman–Crippen MR) is 64.7 cm³/mol. The second-order valence-electron chi connectivity index (χ2n) is 6.47. The molecule has 0 aliphatic rings. The third-order valence-corrected chi connectivity index (χ3v) is 2.92. The minimum atomic E-state index is -0.276. The molecule has 0 aromatic rings. The first-order valence-electron chi connectivity index (χ1n) is 5.96. The first-order chi connectivity index (χ1) is 6.74. The van der Waals surface area contributed by atoms with Crippen LogP contribution < -0.4 is 0 Å². The summed E-state index contributed by atoms with van der Waals surface area (Å²) in [6, 6.07) is 0. The van der Waals surface area contributed by atoms with Gasteiger partial charge in [0.05, 0.1) is 13.2 Å². The van der Waals surface area contributed by atoms with Gasteiger partial charge in [0.2, 0.25) is 0 Å². The zero-order valence-corrected chi connectivity index (χ0v) is 11.0. The van der Waals surface area contributed by atoms with Crippen LogP contribution in [0.2, 0.25) is 0 Å². The Hall–Kier alpha value is -0.0800. The van der Waals surface area contributed by atoms with Gasteiger partial charge in [-0.1, -0.05) is 34.6 Å². The van der Waals surface area contributed by atoms with Crippen molar-refractivity contribution in [3.63, 3.8) is 0 Å². The molecule has 0 unspecified atom stereocenters. The van der Waals surface area contributed by atoms with Crippen LogP contribution in [0.3, 0.4) is 0 Å². The molecule has 0 saturated carbocycles. The first-order valence-corrected chi connectivity index (χ1v) is 5.96. The van der Waals surface area contributed by atoms with Crippen molar-refractivity contribution >= 4 is 0 Å². The highest BCUT2D eigenvalue weighted by molar-refractivity contribution is 4.81. The molecule has 2 nitrogen and oxygen atoms in total. The van der Waals surface area contributed by atoms with Crippen LogP contribution in [0, 0.1) is 16.7 Å². The molecular formula is C13H28O2. The van der Waals surface area contributed by atoms with Gasteiger partial charge in [0.25, 0.3) is 0 Å². The van der Waals surface area contributed by atoms with Gasteiger partial charge in [-0.2, -0.15) is 0 Å². The summed E-state index contributed by atoms with van der Waals surface area (Å²) in [7, 11) is 0. The molecule has 0 rings (SSSR count). The predicted octanol–water partition coefficient (Wildman–Crippen LogP) is 2.83. The van der Waals surface area contributed by atoms with Gasteiger partial charge in [-0.3, -0.25) is 0 Å². The molecule has 0 amide bonds. The third kappa shape index (κ3) is 6.16. The van der Waals surface area contributed by atoms with E-state index in [1.807, 2.05) is 0 Å². The first kappa shape index (κ1) is 14.9. The number of aliphatic hydroxyl groups is 2. The fraction of sp³-hybridized carbons (Fsp3) is 1.00. The van der Waals surface area contributed by atoms with Crippen LogP contribution >= 0.6 is 0 Å². The SMILES string of the molecule is CC(C)CC(CO)(CO)CCC(C)(C)C. The maximum Gasteiger partial charge on any atom is 0.0509 e. The van der Waals surface area contributed by atoms with Crippen molar-refractivity contribution in [3.05, 3.63) is 0 Å². The Balaban J connectivity index is 4.37. The smallest absolute Gasteiger partial charge is 0.0509 e. The molecule has 92 valence electrons. The fourth-order valence-electron chi connectivity index (χ4n) is 1.95. The van der Waals surface area contributed by atoms with Crippen molar-refractivity contribution in [1.29, 1.82) is 0 Å². The molecule has 0 radical (unpaired) electrons. The van der Waals surface area contributed by atoms with Gasteiger partial charge in [-0.15, -0.1) is 0 Å². The van der Waals surface area contributed by atoms with Gasteiger partial charge in [-0.25, -0.2) is 0 Å². The Bertz CT molecular complexity index is 164. The molecule has 0 atom stereocenters. The molecule has 0 aliphatic carbocycles. The van der Waals surface area contributed by atoms with Crippen molar-refractivity contribution in [2.75, 3.05) is 13.2 Å². The molecule has 0 heterocycles. The van der Waals surface area contributed by atoms with E-state index in [1.165, 1.54) is 0 Å². The van der Waals surface area contributed by atoms with Crippen molar-refractivity contribution in [2.24, 2.45) is 16.7 Å². The summed E-state index contributed by atoms with van der Waals surface area (Å²) in [6.07, 6.45) is 2.85. The third-order valence-electron chi connectivity index (χ3n) is 2.92. The summed E-state index contributed by atoms with van der Waals surface area (Å²) in [4.78, 5) is 0. The molecule has 15 heavy (non-hydrogen) atoms. The molecule has 2 heteroatoms. The van der Waals surface area contributed by atoms with Gasteiger partial charge in [0, 0.05) is 5.41 Å². The Morgan fingerprint density at radius 1 is 0.933 bits per heavy atom. The number of hydrogen-bond acceptors (Lipinski definition) is 2. The minimum absolute atomic E-state index is 0.0950. The quantitative estimate of drug-likeness (QED) is 0.717. The lowest BCUT2D eigenvalue weighted by atomic mass is 9.74. The van der Waals surface area contributed by atoms with E-state index in [4.69, 9.17) is 0 Å². The molecule has 0 fully saturated rings. The molecule has 2 N–H and O–H groups in total. The topological polar surface area (TPSA) is 40.5 Å². The maximum absolute atomic E-state index is 9.46. The zero-order valence-electron chi connectivity index (χ0n) is 11.0. The molecule has 0 aromatic carbocycles. The van der Waals surface area contributed by atoms with Gasteiger partial charge in [-0.05, 0) is 30.6 Å². The van der Waals surface area contributed by atoms with E-state index < -0.39 is 0 Å². The summed E-state index contributed by atoms with van der Waals surface area (Å²) >= 11 is 0. The highest BCUT2D eigenvalue weighted by Gasteiger charge is 2.30. The van der Waals surface area contributed by atoms with Gasteiger partial charge < -0.3 is 10.2 Å². The Morgan fingerprint density at radius 3 is 1.67 bits per heavy atom. The van der Waals surface area contributed by atoms with E-state index in [0.717, 1.165) is 19.3 Å². The second kappa shape index (κ2) is 5.86. The van der Waals surface area contributed by atoms with Gasteiger partial charge in [0.1, 0.15) is 0 Å². The highest BCUT2D eigenvalue weighted by Crippen LogP contribution is 2.35. The van der Waals surface area contributed by atoms with Crippen LogP contribution in [0.15, 0.2) is 0 Å². The largest absolute Gasteiger partial charge is 0.396 e. The number of aliphatic hydroxyl groups excluding tert-OH is 2. The summed E-state index contributed by atoms with van der Waals surface area (Å²) in [5.41, 5.74) is -0.00594. The van der Waals surface area contributed by atoms with E-state index in [9.17, 15) is 10.2 Å². The van der Waals surface area contributed by atoms with Crippen molar-refractivity contribution in [2.45, 2.75) is 53.9 Å². The van der Waals surface area contributed by atoms with Crippen LogP contribution in [0.25, 0.3) is 0 Å². The number of hydrogen-bond donors (Lipinski definition) is 2. The Kier molecular flexibility index (Phi) is 5.82. The van der Waals surface area contributed by atoms with Crippen molar-refractivity contribution in [1.82, 2.24) is 0 Å². The summed E-state index contributed by atoms with van der Waals surface area (Å²) in [6.45, 7) is 11.1. The lowest BCUT2D eigenvalue weighted by Crippen LogP contribution is -2.32. The van der Waals surface area contributed by atoms with E-state index in [-0.39, 0.29) is 24.0 Å². The monoisotopic (exact) mass is 216 g/mol. The van der Waals surface area contributed by atoms with Crippen molar-refractivity contribution < 1.29 is 10.2 Å². The Labute approximate surface area is 94.7 Å². The average Bonchev–Trinajstić information content (AvgIpc) is 2.10. The van der Waals surface area contributed by atoms with Crippen LogP contribution in [0.4, 0.5) is 0 Å². The summed E-state index contributed by atoms with van der Waals surface area (Å²) < 4.78 is 0. The normalized spacial score (nSPS) is 13.6. The van der Waals surface area contributed by atoms with E-state index in [1.54, 1.807) is 0 Å². The Morgan fingerprint density at radius 2 is 1.40 bits per heavy atom. The molecular weight excluding hydrogens is 188 g/mol. The molecule has 0 saturated heterocycles. The zero-order chi connectivity index (χ0) is 12.1. The second-order valence-corrected chi connectivity index (χ2v) is 6.47. The molecule has 0 bridgehead atoms. The van der Waals surface area contributed by atoms with Crippen molar-refractivity contribution in [3.8, 4) is 0 Å². The maximum atomic E-state index is 9.46. The minimum Gasteiger partial charge on any atom is -0.396 e. The molecule has 0 spiro atoms. The van der Waals surface area contributed by atoms with E-state index >= 15 is 0 Å². The van der Waals surface area contributed by atoms with E-state index in [0.29, 0.717) is 5.92 Å². The average molecular weight is 216 g/mol. The summed E-state index contributed by atoms with van der Waals surface area (Å²) in [5.74, 6) is 0.518. The summed E-state index contributed by atoms with van der Waals surface area (Å²) in [5, 5.41) is 18.9. The lowest BCUT2D eigenvalue weighted by molar-refractivity contribution is 0.0211. The van der Waals surface area contributed by atoms with Crippen LogP contribution in [-0.2, 0) is 0 Å². The van der Waals surface area contributed by atoms with E-state index in [2.05, 4.69) is 34.6 Å². The highest BCUT2D eigenvalue weighted by atomic mass is 16.3. The lowest BCUT2D eigenvalue weighted by Gasteiger charge is -2.34.